The van der Waals surface area contributed by atoms with E-state index in [9.17, 15) is 4.79 Å². The van der Waals surface area contributed by atoms with Crippen LogP contribution >= 0.6 is 0 Å². The van der Waals surface area contributed by atoms with E-state index in [1.54, 1.807) is 0 Å². The van der Waals surface area contributed by atoms with Gasteiger partial charge in [-0.3, -0.25) is 4.79 Å². The lowest BCUT2D eigenvalue weighted by molar-refractivity contribution is 0.0997. The second kappa shape index (κ2) is 2.58. The van der Waals surface area contributed by atoms with Crippen molar-refractivity contribution in [1.29, 1.82) is 0 Å². The molecule has 0 atom stereocenters. The van der Waals surface area contributed by atoms with Crippen LogP contribution in [-0.2, 0) is 0 Å². The number of amides is 1. The van der Waals surface area contributed by atoms with Crippen LogP contribution < -0.4 is 5.73 Å². The van der Waals surface area contributed by atoms with E-state index in [0.29, 0.717) is 5.69 Å². The van der Waals surface area contributed by atoms with Crippen LogP contribution in [0, 0.1) is 6.92 Å². The summed E-state index contributed by atoms with van der Waals surface area (Å²) < 4.78 is 1.83. The molecular weight excluding hydrogens is 166 g/mol. The van der Waals surface area contributed by atoms with Gasteiger partial charge in [0.2, 0.25) is 0 Å². The summed E-state index contributed by atoms with van der Waals surface area (Å²) >= 11 is 0. The largest absolute Gasteiger partial charge is 0.364 e. The first-order valence-corrected chi connectivity index (χ1v) is 3.93. The van der Waals surface area contributed by atoms with E-state index < -0.39 is 5.91 Å². The molecule has 2 N–H and O–H groups in total. The first kappa shape index (κ1) is 7.79. The lowest BCUT2D eigenvalue weighted by Crippen LogP contribution is -2.11. The highest BCUT2D eigenvalue weighted by molar-refractivity contribution is 5.97. The molecule has 4 heteroatoms. The molecule has 1 amide bonds. The Kier molecular flexibility index (Phi) is 1.55. The standard InChI is InChI=1S/C9H9N3O/c1-6-11-8(9(10)13)7-4-2-3-5-12(6)7/h2-5H,1H3,(H2,10,13). The van der Waals surface area contributed by atoms with Crippen LogP contribution in [0.2, 0.25) is 0 Å². The Hall–Kier alpha value is -1.84. The summed E-state index contributed by atoms with van der Waals surface area (Å²) in [5, 5.41) is 0. The number of nitrogens with two attached hydrogens (primary N) is 1. The Morgan fingerprint density at radius 1 is 1.54 bits per heavy atom. The molecule has 0 saturated heterocycles. The highest BCUT2D eigenvalue weighted by atomic mass is 16.1. The molecule has 0 fully saturated rings. The summed E-state index contributed by atoms with van der Waals surface area (Å²) in [6.07, 6.45) is 1.85. The zero-order chi connectivity index (χ0) is 9.42. The fourth-order valence-electron chi connectivity index (χ4n) is 1.37. The molecule has 0 saturated carbocycles. The van der Waals surface area contributed by atoms with Crippen LogP contribution in [0.15, 0.2) is 24.4 Å². The Labute approximate surface area is 75.0 Å². The SMILES string of the molecule is Cc1nc(C(N)=O)c2ccccn12. The average molecular weight is 175 g/mol. The number of fused-ring (bicyclic) bond motifs is 1. The Balaban J connectivity index is 2.85. The van der Waals surface area contributed by atoms with Crippen LogP contribution in [0.4, 0.5) is 0 Å². The molecule has 0 aliphatic heterocycles. The molecule has 2 heterocycles. The van der Waals surface area contributed by atoms with E-state index in [1.807, 2.05) is 35.7 Å². The molecule has 0 radical (unpaired) electrons. The van der Waals surface area contributed by atoms with Crippen molar-refractivity contribution >= 4 is 11.4 Å². The number of carbonyl (C=O) groups excluding carboxylic acids is 1. The van der Waals surface area contributed by atoms with Crippen LogP contribution in [0.1, 0.15) is 16.3 Å². The van der Waals surface area contributed by atoms with E-state index in [2.05, 4.69) is 4.98 Å². The molecule has 0 bridgehead atoms. The van der Waals surface area contributed by atoms with Gasteiger partial charge in [-0.15, -0.1) is 0 Å². The van der Waals surface area contributed by atoms with Crippen molar-refractivity contribution in [1.82, 2.24) is 9.38 Å². The smallest absolute Gasteiger partial charge is 0.269 e. The summed E-state index contributed by atoms with van der Waals surface area (Å²) in [6, 6.07) is 5.55. The number of hydrogen-bond acceptors (Lipinski definition) is 2. The Morgan fingerprint density at radius 3 is 3.00 bits per heavy atom. The third-order valence-electron chi connectivity index (χ3n) is 1.96. The lowest BCUT2D eigenvalue weighted by atomic mass is 10.3. The third kappa shape index (κ3) is 1.07. The predicted molar refractivity (Wildman–Crippen MR) is 48.4 cm³/mol. The van der Waals surface area contributed by atoms with Gasteiger partial charge in [0.05, 0.1) is 5.52 Å². The molecule has 13 heavy (non-hydrogen) atoms. The van der Waals surface area contributed by atoms with Gasteiger partial charge in [-0.1, -0.05) is 6.07 Å². The van der Waals surface area contributed by atoms with Gasteiger partial charge in [-0.05, 0) is 19.1 Å². The first-order chi connectivity index (χ1) is 6.20. The van der Waals surface area contributed by atoms with Crippen LogP contribution in [0.3, 0.4) is 0 Å². The van der Waals surface area contributed by atoms with Gasteiger partial charge < -0.3 is 10.1 Å². The van der Waals surface area contributed by atoms with E-state index >= 15 is 0 Å². The van der Waals surface area contributed by atoms with E-state index in [-0.39, 0.29) is 0 Å². The van der Waals surface area contributed by atoms with Crippen molar-refractivity contribution in [2.75, 3.05) is 0 Å². The highest BCUT2D eigenvalue weighted by Gasteiger charge is 2.11. The van der Waals surface area contributed by atoms with Crippen molar-refractivity contribution < 1.29 is 4.79 Å². The van der Waals surface area contributed by atoms with Gasteiger partial charge in [0.25, 0.3) is 5.91 Å². The zero-order valence-electron chi connectivity index (χ0n) is 7.19. The number of pyridine rings is 1. The number of nitrogens with zero attached hydrogens (tertiary/aromatic N) is 2. The quantitative estimate of drug-likeness (QED) is 0.694. The zero-order valence-corrected chi connectivity index (χ0v) is 7.19. The summed E-state index contributed by atoms with van der Waals surface area (Å²) in [5.41, 5.74) is 6.27. The Bertz CT molecular complexity index is 473. The van der Waals surface area contributed by atoms with Crippen LogP contribution in [-0.4, -0.2) is 15.3 Å². The molecule has 0 spiro atoms. The predicted octanol–water partition coefficient (Wildman–Crippen LogP) is 0.742. The minimum atomic E-state index is -0.489. The minimum absolute atomic E-state index is 0.332. The van der Waals surface area contributed by atoms with E-state index in [0.717, 1.165) is 11.3 Å². The Morgan fingerprint density at radius 2 is 2.31 bits per heavy atom. The van der Waals surface area contributed by atoms with Crippen molar-refractivity contribution in [2.45, 2.75) is 6.92 Å². The number of hydrogen-bond donors (Lipinski definition) is 1. The fourth-order valence-corrected chi connectivity index (χ4v) is 1.37. The lowest BCUT2D eigenvalue weighted by Gasteiger charge is -1.93. The maximum Gasteiger partial charge on any atom is 0.269 e. The van der Waals surface area contributed by atoms with E-state index in [1.165, 1.54) is 0 Å². The molecule has 2 rings (SSSR count). The monoisotopic (exact) mass is 175 g/mol. The van der Waals surface area contributed by atoms with Crippen molar-refractivity contribution in [3.05, 3.63) is 35.9 Å². The van der Waals surface area contributed by atoms with Crippen LogP contribution in [0.5, 0.6) is 0 Å². The fraction of sp³-hybridized carbons (Fsp3) is 0.111. The summed E-state index contributed by atoms with van der Waals surface area (Å²) in [6.45, 7) is 1.83. The molecule has 4 nitrogen and oxygen atoms in total. The summed E-state index contributed by atoms with van der Waals surface area (Å²) in [7, 11) is 0. The third-order valence-corrected chi connectivity index (χ3v) is 1.96. The van der Waals surface area contributed by atoms with Crippen molar-refractivity contribution in [3.8, 4) is 0 Å². The van der Waals surface area contributed by atoms with Gasteiger partial charge in [-0.2, -0.15) is 0 Å². The average Bonchev–Trinajstić information content (AvgIpc) is 2.45. The number of aromatic nitrogens is 2. The number of rotatable bonds is 1. The molecule has 0 aliphatic rings. The number of primary amides is 1. The second-order valence-electron chi connectivity index (χ2n) is 2.83. The van der Waals surface area contributed by atoms with Crippen molar-refractivity contribution in [2.24, 2.45) is 5.73 Å². The maximum absolute atomic E-state index is 11.0. The van der Waals surface area contributed by atoms with Crippen LogP contribution in [0.25, 0.3) is 5.52 Å². The second-order valence-corrected chi connectivity index (χ2v) is 2.83. The topological polar surface area (TPSA) is 60.4 Å². The normalized spacial score (nSPS) is 10.5. The molecule has 2 aromatic heterocycles. The minimum Gasteiger partial charge on any atom is -0.364 e. The molecule has 0 aromatic carbocycles. The molecule has 66 valence electrons. The summed E-state index contributed by atoms with van der Waals surface area (Å²) in [5.74, 6) is 0.279. The van der Waals surface area contributed by atoms with Gasteiger partial charge >= 0.3 is 0 Å². The number of carbonyl (C=O) groups is 1. The molecule has 0 aliphatic carbocycles. The maximum atomic E-state index is 11.0. The number of aryl methyl sites for hydroxylation is 1. The van der Waals surface area contributed by atoms with Gasteiger partial charge in [-0.25, -0.2) is 4.98 Å². The van der Waals surface area contributed by atoms with Gasteiger partial charge in [0.15, 0.2) is 5.69 Å². The molecular formula is C9H9N3O. The van der Waals surface area contributed by atoms with Gasteiger partial charge in [0.1, 0.15) is 5.82 Å². The van der Waals surface area contributed by atoms with E-state index in [4.69, 9.17) is 5.73 Å². The summed E-state index contributed by atoms with van der Waals surface area (Å²) in [4.78, 5) is 15.1. The molecule has 0 unspecified atom stereocenters. The number of imidazole rings is 1. The first-order valence-electron chi connectivity index (χ1n) is 3.93. The van der Waals surface area contributed by atoms with Crippen molar-refractivity contribution in [3.63, 3.8) is 0 Å². The molecule has 2 aromatic rings. The van der Waals surface area contributed by atoms with Gasteiger partial charge in [0, 0.05) is 6.20 Å². The highest BCUT2D eigenvalue weighted by Crippen LogP contribution is 2.11.